The molecule has 2 aliphatic rings. The van der Waals surface area contributed by atoms with Crippen LogP contribution in [0, 0.1) is 6.92 Å². The number of rotatable bonds is 5. The van der Waals surface area contributed by atoms with Gasteiger partial charge in [-0.15, -0.1) is 0 Å². The number of anilines is 1. The zero-order chi connectivity index (χ0) is 20.3. The molecule has 1 saturated heterocycles. The summed E-state index contributed by atoms with van der Waals surface area (Å²) >= 11 is 0. The highest BCUT2D eigenvalue weighted by Gasteiger charge is 2.26. The normalized spacial score (nSPS) is 22.2. The van der Waals surface area contributed by atoms with Gasteiger partial charge in [-0.05, 0) is 38.7 Å². The first kappa shape index (κ1) is 19.0. The Kier molecular flexibility index (Phi) is 5.35. The SMILES string of the molecule is Cc1ccnc(OC2CCC(Oc3cc(N4CCOCC4)cn4ncnc34)CC2)n1. The van der Waals surface area contributed by atoms with Gasteiger partial charge in [-0.25, -0.2) is 19.5 Å². The molecule has 5 rings (SSSR count). The minimum absolute atomic E-state index is 0.124. The molecule has 3 aromatic rings. The molecule has 9 heteroatoms. The van der Waals surface area contributed by atoms with Gasteiger partial charge in [0.1, 0.15) is 12.4 Å². The second-order valence-electron chi connectivity index (χ2n) is 7.81. The van der Waals surface area contributed by atoms with Crippen LogP contribution >= 0.6 is 0 Å². The third-order valence-corrected chi connectivity index (χ3v) is 5.66. The summed E-state index contributed by atoms with van der Waals surface area (Å²) in [4.78, 5) is 15.2. The molecule has 3 aromatic heterocycles. The molecule has 1 saturated carbocycles. The Morgan fingerprint density at radius 2 is 1.80 bits per heavy atom. The number of hydrogen-bond donors (Lipinski definition) is 0. The zero-order valence-corrected chi connectivity index (χ0v) is 17.1. The molecule has 1 aliphatic heterocycles. The van der Waals surface area contributed by atoms with Crippen LogP contribution in [0.5, 0.6) is 11.8 Å². The van der Waals surface area contributed by atoms with Crippen molar-refractivity contribution in [1.29, 1.82) is 0 Å². The Morgan fingerprint density at radius 3 is 2.57 bits per heavy atom. The topological polar surface area (TPSA) is 86.9 Å². The van der Waals surface area contributed by atoms with E-state index in [1.807, 2.05) is 19.2 Å². The fraction of sp³-hybridized carbons (Fsp3) is 0.524. The van der Waals surface area contributed by atoms with E-state index in [0.717, 1.165) is 74.8 Å². The van der Waals surface area contributed by atoms with E-state index in [1.165, 1.54) is 0 Å². The van der Waals surface area contributed by atoms with Gasteiger partial charge in [0.2, 0.25) is 0 Å². The first-order valence-corrected chi connectivity index (χ1v) is 10.5. The molecule has 0 spiro atoms. The average Bonchev–Trinajstić information content (AvgIpc) is 3.25. The van der Waals surface area contributed by atoms with Gasteiger partial charge in [-0.3, -0.25) is 0 Å². The maximum atomic E-state index is 6.41. The van der Waals surface area contributed by atoms with Crippen molar-refractivity contribution in [3.05, 3.63) is 36.5 Å². The second-order valence-corrected chi connectivity index (χ2v) is 7.81. The van der Waals surface area contributed by atoms with E-state index in [2.05, 4.69) is 31.0 Å². The summed E-state index contributed by atoms with van der Waals surface area (Å²) in [5.41, 5.74) is 2.74. The number of nitrogens with zero attached hydrogens (tertiary/aromatic N) is 6. The minimum Gasteiger partial charge on any atom is -0.486 e. The van der Waals surface area contributed by atoms with E-state index in [-0.39, 0.29) is 12.2 Å². The highest BCUT2D eigenvalue weighted by Crippen LogP contribution is 2.30. The number of fused-ring (bicyclic) bond motifs is 1. The summed E-state index contributed by atoms with van der Waals surface area (Å²) in [5, 5.41) is 4.33. The summed E-state index contributed by atoms with van der Waals surface area (Å²) in [6.07, 6.45) is 9.21. The maximum Gasteiger partial charge on any atom is 0.316 e. The molecule has 158 valence electrons. The third kappa shape index (κ3) is 4.16. The van der Waals surface area contributed by atoms with Crippen LogP contribution in [-0.4, -0.2) is 63.1 Å². The van der Waals surface area contributed by atoms with Crippen molar-refractivity contribution in [2.45, 2.75) is 44.8 Å². The molecular formula is C21H26N6O3. The van der Waals surface area contributed by atoms with Crippen LogP contribution in [-0.2, 0) is 4.74 Å². The lowest BCUT2D eigenvalue weighted by Crippen LogP contribution is -2.36. The van der Waals surface area contributed by atoms with Gasteiger partial charge in [0.15, 0.2) is 11.4 Å². The molecule has 0 bridgehead atoms. The van der Waals surface area contributed by atoms with Crippen molar-refractivity contribution in [3.63, 3.8) is 0 Å². The predicted octanol–water partition coefficient (Wildman–Crippen LogP) is 2.43. The van der Waals surface area contributed by atoms with Gasteiger partial charge in [0.05, 0.1) is 31.2 Å². The van der Waals surface area contributed by atoms with Crippen molar-refractivity contribution >= 4 is 11.3 Å². The molecule has 0 unspecified atom stereocenters. The Bertz CT molecular complexity index is 995. The highest BCUT2D eigenvalue weighted by atomic mass is 16.5. The van der Waals surface area contributed by atoms with Gasteiger partial charge in [-0.2, -0.15) is 5.10 Å². The molecular weight excluding hydrogens is 384 g/mol. The van der Waals surface area contributed by atoms with E-state index >= 15 is 0 Å². The molecule has 0 radical (unpaired) electrons. The molecule has 0 amide bonds. The van der Waals surface area contributed by atoms with E-state index in [4.69, 9.17) is 14.2 Å². The van der Waals surface area contributed by atoms with Crippen LogP contribution in [0.4, 0.5) is 5.69 Å². The lowest BCUT2D eigenvalue weighted by atomic mass is 9.95. The number of aromatic nitrogens is 5. The van der Waals surface area contributed by atoms with E-state index in [9.17, 15) is 0 Å². The van der Waals surface area contributed by atoms with Crippen molar-refractivity contribution < 1.29 is 14.2 Å². The Balaban J connectivity index is 1.25. The molecule has 1 aliphatic carbocycles. The van der Waals surface area contributed by atoms with Gasteiger partial charge in [-0.1, -0.05) is 0 Å². The molecule has 0 N–H and O–H groups in total. The van der Waals surface area contributed by atoms with Crippen molar-refractivity contribution in [1.82, 2.24) is 24.6 Å². The summed E-state index contributed by atoms with van der Waals surface area (Å²) < 4.78 is 19.6. The lowest BCUT2D eigenvalue weighted by molar-refractivity contribution is 0.0753. The van der Waals surface area contributed by atoms with Crippen LogP contribution in [0.3, 0.4) is 0 Å². The Labute approximate surface area is 175 Å². The second kappa shape index (κ2) is 8.43. The smallest absolute Gasteiger partial charge is 0.316 e. The fourth-order valence-electron chi connectivity index (χ4n) is 4.04. The van der Waals surface area contributed by atoms with E-state index in [0.29, 0.717) is 6.01 Å². The third-order valence-electron chi connectivity index (χ3n) is 5.66. The monoisotopic (exact) mass is 410 g/mol. The summed E-state index contributed by atoms with van der Waals surface area (Å²) in [6.45, 7) is 5.14. The van der Waals surface area contributed by atoms with Crippen molar-refractivity contribution in [2.75, 3.05) is 31.2 Å². The lowest BCUT2D eigenvalue weighted by Gasteiger charge is -2.30. The van der Waals surface area contributed by atoms with Crippen LogP contribution in [0.1, 0.15) is 31.4 Å². The highest BCUT2D eigenvalue weighted by molar-refractivity contribution is 5.61. The van der Waals surface area contributed by atoms with Crippen molar-refractivity contribution in [3.8, 4) is 11.8 Å². The number of hydrogen-bond acceptors (Lipinski definition) is 8. The van der Waals surface area contributed by atoms with Gasteiger partial charge in [0, 0.05) is 31.0 Å². The predicted molar refractivity (Wildman–Crippen MR) is 110 cm³/mol. The Morgan fingerprint density at radius 1 is 1.03 bits per heavy atom. The summed E-state index contributed by atoms with van der Waals surface area (Å²) in [6, 6.07) is 4.41. The molecule has 4 heterocycles. The number of aryl methyl sites for hydroxylation is 1. The standard InChI is InChI=1S/C21H26N6O3/c1-15-6-7-22-21(25-15)30-18-4-2-17(3-5-18)29-19-12-16(26-8-10-28-11-9-26)13-27-20(19)23-14-24-27/h6-7,12-14,17-18H,2-5,8-11H2,1H3. The van der Waals surface area contributed by atoms with E-state index in [1.54, 1.807) is 17.0 Å². The first-order chi connectivity index (χ1) is 14.7. The molecule has 0 aromatic carbocycles. The number of morpholine rings is 1. The minimum atomic E-state index is 0.124. The summed E-state index contributed by atoms with van der Waals surface area (Å²) in [5.74, 6) is 0.780. The largest absolute Gasteiger partial charge is 0.486 e. The molecule has 0 atom stereocenters. The molecule has 2 fully saturated rings. The quantitative estimate of drug-likeness (QED) is 0.634. The Hall–Kier alpha value is -2.94. The summed E-state index contributed by atoms with van der Waals surface area (Å²) in [7, 11) is 0. The van der Waals surface area contributed by atoms with E-state index < -0.39 is 0 Å². The van der Waals surface area contributed by atoms with Crippen LogP contribution < -0.4 is 14.4 Å². The fourth-order valence-corrected chi connectivity index (χ4v) is 4.04. The number of ether oxygens (including phenoxy) is 3. The average molecular weight is 410 g/mol. The first-order valence-electron chi connectivity index (χ1n) is 10.5. The molecule has 30 heavy (non-hydrogen) atoms. The molecule has 9 nitrogen and oxygen atoms in total. The van der Waals surface area contributed by atoms with Gasteiger partial charge >= 0.3 is 6.01 Å². The van der Waals surface area contributed by atoms with Gasteiger partial charge < -0.3 is 19.1 Å². The van der Waals surface area contributed by atoms with Gasteiger partial charge in [0.25, 0.3) is 0 Å². The maximum absolute atomic E-state index is 6.41. The van der Waals surface area contributed by atoms with Crippen LogP contribution in [0.2, 0.25) is 0 Å². The van der Waals surface area contributed by atoms with Crippen LogP contribution in [0.15, 0.2) is 30.9 Å². The van der Waals surface area contributed by atoms with Crippen molar-refractivity contribution in [2.24, 2.45) is 0 Å². The van der Waals surface area contributed by atoms with Crippen LogP contribution in [0.25, 0.3) is 5.65 Å². The number of pyridine rings is 1. The zero-order valence-electron chi connectivity index (χ0n) is 17.1.